The van der Waals surface area contributed by atoms with Gasteiger partial charge in [-0.25, -0.2) is 0 Å². The summed E-state index contributed by atoms with van der Waals surface area (Å²) in [5.41, 5.74) is 0. The molecule has 3 atom stereocenters. The zero-order chi connectivity index (χ0) is 13.7. The van der Waals surface area contributed by atoms with Crippen LogP contribution >= 0.6 is 0 Å². The summed E-state index contributed by atoms with van der Waals surface area (Å²) in [5.74, 6) is 0.145. The van der Waals surface area contributed by atoms with Gasteiger partial charge in [-0.05, 0) is 34.0 Å². The van der Waals surface area contributed by atoms with Crippen LogP contribution in [0.1, 0.15) is 26.7 Å². The summed E-state index contributed by atoms with van der Waals surface area (Å²) in [6.07, 6.45) is 0.831. The van der Waals surface area contributed by atoms with Crippen LogP contribution in [0.3, 0.4) is 0 Å². The van der Waals surface area contributed by atoms with Crippen molar-refractivity contribution in [2.75, 3.05) is 33.7 Å². The number of β-amino-alcohol motifs (C(OH)–C–C–N with tert-alkyl or cyclic N) is 1. The molecule has 0 aromatic heterocycles. The number of carbonyl (C=O) groups excluding carboxylic acids is 1. The molecule has 1 aliphatic rings. The van der Waals surface area contributed by atoms with Crippen LogP contribution in [0, 0.1) is 0 Å². The van der Waals surface area contributed by atoms with Gasteiger partial charge in [-0.2, -0.15) is 0 Å². The number of carbonyl (C=O) groups is 1. The zero-order valence-electron chi connectivity index (χ0n) is 12.0. The normalized spacial score (nSPS) is 25.8. The molecule has 1 rings (SSSR count). The highest BCUT2D eigenvalue weighted by molar-refractivity contribution is 5.77. The maximum atomic E-state index is 12.2. The number of amides is 1. The number of hydrogen-bond donors (Lipinski definition) is 2. The third-order valence-corrected chi connectivity index (χ3v) is 3.32. The number of aliphatic hydroxyl groups excluding tert-OH is 1. The van der Waals surface area contributed by atoms with Crippen LogP contribution in [0.4, 0.5) is 0 Å². The second-order valence-electron chi connectivity index (χ2n) is 5.51. The molecule has 3 unspecified atom stereocenters. The maximum absolute atomic E-state index is 12.2. The largest absolute Gasteiger partial charge is 0.391 e. The third kappa shape index (κ3) is 4.55. The highest BCUT2D eigenvalue weighted by Gasteiger charge is 2.34. The predicted molar refractivity (Wildman–Crippen MR) is 72.4 cm³/mol. The molecule has 0 aromatic rings. The lowest BCUT2D eigenvalue weighted by Crippen LogP contribution is -2.43. The van der Waals surface area contributed by atoms with E-state index in [1.807, 2.05) is 32.8 Å². The Morgan fingerprint density at radius 1 is 1.56 bits per heavy atom. The Morgan fingerprint density at radius 2 is 2.22 bits per heavy atom. The fourth-order valence-electron chi connectivity index (χ4n) is 2.59. The van der Waals surface area contributed by atoms with E-state index in [1.165, 1.54) is 0 Å². The van der Waals surface area contributed by atoms with Gasteiger partial charge in [0.15, 0.2) is 0 Å². The highest BCUT2D eigenvalue weighted by Crippen LogP contribution is 2.19. The lowest BCUT2D eigenvalue weighted by atomic mass is 10.1. The first-order valence-corrected chi connectivity index (χ1v) is 6.79. The second-order valence-corrected chi connectivity index (χ2v) is 5.51. The summed E-state index contributed by atoms with van der Waals surface area (Å²) in [4.78, 5) is 16.1. The molecule has 0 aliphatic carbocycles. The van der Waals surface area contributed by atoms with Gasteiger partial charge < -0.3 is 20.2 Å². The van der Waals surface area contributed by atoms with E-state index in [0.29, 0.717) is 19.4 Å². The molecule has 0 aromatic carbocycles. The van der Waals surface area contributed by atoms with Crippen LogP contribution in [0.15, 0.2) is 0 Å². The molecule has 2 N–H and O–H groups in total. The van der Waals surface area contributed by atoms with Crippen LogP contribution in [0.2, 0.25) is 0 Å². The van der Waals surface area contributed by atoms with Crippen molar-refractivity contribution in [3.8, 4) is 0 Å². The van der Waals surface area contributed by atoms with E-state index >= 15 is 0 Å². The van der Waals surface area contributed by atoms with Gasteiger partial charge >= 0.3 is 0 Å². The van der Waals surface area contributed by atoms with Gasteiger partial charge in [0.1, 0.15) is 0 Å². The lowest BCUT2D eigenvalue weighted by Gasteiger charge is -2.28. The molecular weight excluding hydrogens is 230 g/mol. The third-order valence-electron chi connectivity index (χ3n) is 3.32. The van der Waals surface area contributed by atoms with E-state index in [0.717, 1.165) is 13.1 Å². The molecule has 1 amide bonds. The Morgan fingerprint density at radius 3 is 2.78 bits per heavy atom. The van der Waals surface area contributed by atoms with E-state index in [4.69, 9.17) is 0 Å². The number of nitrogens with zero attached hydrogens (tertiary/aromatic N) is 2. The zero-order valence-corrected chi connectivity index (χ0v) is 12.0. The van der Waals surface area contributed by atoms with Crippen molar-refractivity contribution >= 4 is 5.91 Å². The molecule has 1 fully saturated rings. The Hall–Kier alpha value is -0.650. The van der Waals surface area contributed by atoms with Crippen LogP contribution in [-0.2, 0) is 4.79 Å². The molecule has 0 radical (unpaired) electrons. The summed E-state index contributed by atoms with van der Waals surface area (Å²) in [6.45, 7) is 6.23. The summed E-state index contributed by atoms with van der Waals surface area (Å²) >= 11 is 0. The Balaban J connectivity index is 2.53. The molecule has 0 bridgehead atoms. The van der Waals surface area contributed by atoms with Crippen molar-refractivity contribution in [3.05, 3.63) is 0 Å². The molecule has 106 valence electrons. The minimum absolute atomic E-state index is 0.145. The number of likely N-dealkylation sites (N-methyl/N-ethyl adjacent to an activating group) is 1. The quantitative estimate of drug-likeness (QED) is 0.697. The summed E-state index contributed by atoms with van der Waals surface area (Å²) in [6, 6.07) is 0.344. The molecule has 5 nitrogen and oxygen atoms in total. The highest BCUT2D eigenvalue weighted by atomic mass is 16.3. The molecule has 18 heavy (non-hydrogen) atoms. The molecule has 0 spiro atoms. The molecule has 1 heterocycles. The molecule has 1 aliphatic heterocycles. The predicted octanol–water partition coefficient (Wildman–Crippen LogP) is -0.102. The minimum atomic E-state index is -0.367. The number of nitrogens with one attached hydrogen (secondary N) is 1. The van der Waals surface area contributed by atoms with Gasteiger partial charge in [0.25, 0.3) is 0 Å². The summed E-state index contributed by atoms with van der Waals surface area (Å²) in [5, 5.41) is 13.0. The number of aliphatic hydroxyl groups is 1. The number of likely N-dealkylation sites (tertiary alicyclic amines) is 1. The van der Waals surface area contributed by atoms with Crippen molar-refractivity contribution in [2.45, 2.75) is 44.9 Å². The van der Waals surface area contributed by atoms with Gasteiger partial charge in [0.05, 0.1) is 6.10 Å². The first-order valence-electron chi connectivity index (χ1n) is 6.79. The summed E-state index contributed by atoms with van der Waals surface area (Å²) < 4.78 is 0. The van der Waals surface area contributed by atoms with E-state index < -0.39 is 0 Å². The topological polar surface area (TPSA) is 55.8 Å². The average molecular weight is 257 g/mol. The van der Waals surface area contributed by atoms with Crippen LogP contribution < -0.4 is 5.32 Å². The minimum Gasteiger partial charge on any atom is -0.391 e. The molecule has 5 heteroatoms. The Labute approximate surface area is 110 Å². The second kappa shape index (κ2) is 7.07. The summed E-state index contributed by atoms with van der Waals surface area (Å²) in [7, 11) is 3.99. The Kier molecular flexibility index (Phi) is 6.05. The lowest BCUT2D eigenvalue weighted by molar-refractivity contribution is -0.133. The van der Waals surface area contributed by atoms with Gasteiger partial charge in [-0.15, -0.1) is 0 Å². The SMILES string of the molecule is CCNC(C)CC(=O)N1CC(O)CC1CN(C)C. The van der Waals surface area contributed by atoms with E-state index in [-0.39, 0.29) is 24.1 Å². The monoisotopic (exact) mass is 257 g/mol. The van der Waals surface area contributed by atoms with Crippen molar-refractivity contribution in [1.29, 1.82) is 0 Å². The van der Waals surface area contributed by atoms with E-state index in [1.54, 1.807) is 0 Å². The molecule has 0 saturated carbocycles. The van der Waals surface area contributed by atoms with E-state index in [9.17, 15) is 9.90 Å². The molecular formula is C13H27N3O2. The van der Waals surface area contributed by atoms with Gasteiger partial charge in [-0.3, -0.25) is 4.79 Å². The first-order chi connectivity index (χ1) is 8.43. The average Bonchev–Trinajstić information content (AvgIpc) is 2.58. The van der Waals surface area contributed by atoms with Crippen molar-refractivity contribution in [2.24, 2.45) is 0 Å². The van der Waals surface area contributed by atoms with Gasteiger partial charge in [0.2, 0.25) is 5.91 Å². The van der Waals surface area contributed by atoms with E-state index in [2.05, 4.69) is 10.2 Å². The maximum Gasteiger partial charge on any atom is 0.224 e. The smallest absolute Gasteiger partial charge is 0.224 e. The van der Waals surface area contributed by atoms with Crippen molar-refractivity contribution < 1.29 is 9.90 Å². The van der Waals surface area contributed by atoms with Crippen molar-refractivity contribution in [3.63, 3.8) is 0 Å². The number of hydrogen-bond acceptors (Lipinski definition) is 4. The van der Waals surface area contributed by atoms with Gasteiger partial charge in [-0.1, -0.05) is 6.92 Å². The van der Waals surface area contributed by atoms with Gasteiger partial charge in [0, 0.05) is 31.6 Å². The molecule has 1 saturated heterocycles. The fraction of sp³-hybridized carbons (Fsp3) is 0.923. The van der Waals surface area contributed by atoms with Crippen molar-refractivity contribution in [1.82, 2.24) is 15.1 Å². The van der Waals surface area contributed by atoms with Crippen LogP contribution in [-0.4, -0.2) is 72.7 Å². The van der Waals surface area contributed by atoms with Crippen LogP contribution in [0.25, 0.3) is 0 Å². The first kappa shape index (κ1) is 15.4. The standard InChI is InChI=1S/C13H27N3O2/c1-5-14-10(2)6-13(18)16-9-12(17)7-11(16)8-15(3)4/h10-12,14,17H,5-9H2,1-4H3. The number of rotatable bonds is 6. The van der Waals surface area contributed by atoms with Crippen LogP contribution in [0.5, 0.6) is 0 Å². The Bertz CT molecular complexity index is 271. The fourth-order valence-corrected chi connectivity index (χ4v) is 2.59.